The molecule has 0 spiro atoms. The summed E-state index contributed by atoms with van der Waals surface area (Å²) >= 11 is 3.51. The first-order valence-corrected chi connectivity index (χ1v) is 20.3. The van der Waals surface area contributed by atoms with E-state index in [2.05, 4.69) is 84.9 Å². The number of hydrogen-bond donors (Lipinski definition) is 0. The molecular weight excluding hydrogens is 739 g/mol. The largest absolute Gasteiger partial charge is 0.456 e. The van der Waals surface area contributed by atoms with E-state index in [0.717, 1.165) is 91.2 Å². The molecule has 7 aromatic carbocycles. The van der Waals surface area contributed by atoms with Crippen LogP contribution in [0.3, 0.4) is 0 Å². The maximum atomic E-state index is 6.28. The molecule has 266 valence electrons. The van der Waals surface area contributed by atoms with Crippen LogP contribution in [0.15, 0.2) is 168 Å². The Labute approximate surface area is 333 Å². The van der Waals surface area contributed by atoms with Gasteiger partial charge in [0, 0.05) is 68.8 Å². The van der Waals surface area contributed by atoms with Crippen LogP contribution >= 0.6 is 22.7 Å². The molecule has 6 nitrogen and oxygen atoms in total. The van der Waals surface area contributed by atoms with Crippen molar-refractivity contribution in [1.29, 1.82) is 0 Å². The average molecular weight is 766 g/mol. The Hall–Kier alpha value is -7.13. The lowest BCUT2D eigenvalue weighted by Gasteiger charge is -2.10. The van der Waals surface area contributed by atoms with Crippen LogP contribution in [-0.2, 0) is 0 Å². The fourth-order valence-corrected chi connectivity index (χ4v) is 10.2. The van der Waals surface area contributed by atoms with Gasteiger partial charge in [0.25, 0.3) is 0 Å². The molecule has 0 N–H and O–H groups in total. The molecule has 0 aliphatic heterocycles. The Bertz CT molecular complexity index is 3480. The molecule has 12 aromatic rings. The number of aromatic nitrogens is 5. The maximum absolute atomic E-state index is 6.28. The molecule has 0 fully saturated rings. The van der Waals surface area contributed by atoms with Crippen LogP contribution in [0.4, 0.5) is 0 Å². The van der Waals surface area contributed by atoms with E-state index in [0.29, 0.717) is 23.3 Å². The predicted molar refractivity (Wildman–Crippen MR) is 236 cm³/mol. The number of rotatable bonds is 5. The molecule has 57 heavy (non-hydrogen) atoms. The van der Waals surface area contributed by atoms with Crippen molar-refractivity contribution < 1.29 is 4.42 Å². The highest BCUT2D eigenvalue weighted by molar-refractivity contribution is 7.26. The molecule has 0 bridgehead atoms. The molecule has 0 atom stereocenters. The predicted octanol–water partition coefficient (Wildman–Crippen LogP) is 13.6. The zero-order valence-corrected chi connectivity index (χ0v) is 31.7. The van der Waals surface area contributed by atoms with Crippen molar-refractivity contribution in [2.24, 2.45) is 0 Å². The van der Waals surface area contributed by atoms with Gasteiger partial charge in [-0.1, -0.05) is 127 Å². The highest BCUT2D eigenvalue weighted by Crippen LogP contribution is 2.44. The second kappa shape index (κ2) is 12.7. The topological polar surface area (TPSA) is 77.6 Å². The van der Waals surface area contributed by atoms with Gasteiger partial charge in [0.15, 0.2) is 23.3 Å². The molecule has 0 amide bonds. The third kappa shape index (κ3) is 5.26. The lowest BCUT2D eigenvalue weighted by Crippen LogP contribution is -2.00. The number of para-hydroxylation sites is 1. The second-order valence-corrected chi connectivity index (χ2v) is 16.1. The van der Waals surface area contributed by atoms with E-state index >= 15 is 0 Å². The van der Waals surface area contributed by atoms with Crippen molar-refractivity contribution >= 4 is 85.1 Å². The molecule has 12 rings (SSSR count). The summed E-state index contributed by atoms with van der Waals surface area (Å²) in [7, 11) is 0. The number of fused-ring (bicyclic) bond motifs is 9. The van der Waals surface area contributed by atoms with Crippen LogP contribution in [0.2, 0.25) is 0 Å². The Morgan fingerprint density at radius 2 is 1.00 bits per heavy atom. The minimum atomic E-state index is 0.643. The van der Waals surface area contributed by atoms with Gasteiger partial charge in [-0.15, -0.1) is 22.7 Å². The first kappa shape index (κ1) is 32.1. The van der Waals surface area contributed by atoms with Crippen molar-refractivity contribution in [1.82, 2.24) is 24.9 Å². The number of hydrogen-bond acceptors (Lipinski definition) is 8. The number of furan rings is 1. The third-order valence-corrected chi connectivity index (χ3v) is 12.9. The molecule has 0 unspecified atom stereocenters. The van der Waals surface area contributed by atoms with Crippen LogP contribution in [0, 0.1) is 0 Å². The average Bonchev–Trinajstić information content (AvgIpc) is 3.97. The third-order valence-electron chi connectivity index (χ3n) is 10.6. The van der Waals surface area contributed by atoms with Crippen LogP contribution in [-0.4, -0.2) is 24.9 Å². The minimum Gasteiger partial charge on any atom is -0.456 e. The van der Waals surface area contributed by atoms with E-state index in [4.69, 9.17) is 29.3 Å². The zero-order chi connectivity index (χ0) is 37.5. The first-order chi connectivity index (χ1) is 28.2. The van der Waals surface area contributed by atoms with Gasteiger partial charge in [0.1, 0.15) is 11.2 Å². The van der Waals surface area contributed by atoms with E-state index in [-0.39, 0.29) is 0 Å². The number of thiophene rings is 2. The highest BCUT2D eigenvalue weighted by Gasteiger charge is 2.21. The summed E-state index contributed by atoms with van der Waals surface area (Å²) in [5, 5.41) is 5.58. The lowest BCUT2D eigenvalue weighted by molar-refractivity contribution is 0.669. The summed E-state index contributed by atoms with van der Waals surface area (Å²) in [6.45, 7) is 0. The summed E-state index contributed by atoms with van der Waals surface area (Å²) in [4.78, 5) is 25.7. The van der Waals surface area contributed by atoms with Crippen molar-refractivity contribution in [3.05, 3.63) is 164 Å². The standard InChI is InChI=1S/C49H27N5OS2/c1-3-12-28(13-4-1)46-52-47(29-14-5-2-6-15-29)54-49(53-46)36-18-11-21-40-42(36)34-25-22-30(27-41(34)56-40)43-45-44(35-17-8-10-20-39(35)57-45)51-48(50-43)31-23-24-33-32-16-7-9-19-37(32)55-38(33)26-31/h1-27H. The Balaban J connectivity index is 1.04. The molecular formula is C49H27N5OS2. The van der Waals surface area contributed by atoms with Gasteiger partial charge >= 0.3 is 0 Å². The zero-order valence-electron chi connectivity index (χ0n) is 30.0. The Morgan fingerprint density at radius 3 is 1.81 bits per heavy atom. The molecule has 5 heterocycles. The normalized spacial score (nSPS) is 11.9. The van der Waals surface area contributed by atoms with E-state index in [1.165, 1.54) is 4.70 Å². The molecule has 5 aromatic heterocycles. The van der Waals surface area contributed by atoms with Crippen LogP contribution in [0.25, 0.3) is 119 Å². The summed E-state index contributed by atoms with van der Waals surface area (Å²) in [5.74, 6) is 2.60. The molecule has 0 aliphatic carbocycles. The smallest absolute Gasteiger partial charge is 0.164 e. The summed E-state index contributed by atoms with van der Waals surface area (Å²) in [5.41, 5.74) is 8.37. The minimum absolute atomic E-state index is 0.643. The Morgan fingerprint density at radius 1 is 0.368 bits per heavy atom. The van der Waals surface area contributed by atoms with Gasteiger partial charge in [-0.2, -0.15) is 0 Å². The Kier molecular flexibility index (Phi) is 7.17. The SMILES string of the molecule is c1ccc(-c2nc(-c3ccccc3)nc(-c3cccc4sc5cc(-c6nc(-c7ccc8c(c7)oc7ccccc78)nc7c6sc6ccccc67)ccc5c34)n2)cc1. The first-order valence-electron chi connectivity index (χ1n) is 18.7. The van der Waals surface area contributed by atoms with Gasteiger partial charge < -0.3 is 4.42 Å². The van der Waals surface area contributed by atoms with Crippen molar-refractivity contribution in [3.63, 3.8) is 0 Å². The molecule has 8 heteroatoms. The summed E-state index contributed by atoms with van der Waals surface area (Å²) in [6.07, 6.45) is 0. The number of benzene rings is 7. The molecule has 0 saturated carbocycles. The summed E-state index contributed by atoms with van der Waals surface area (Å²) < 4.78 is 10.9. The molecule has 0 aliphatic rings. The van der Waals surface area contributed by atoms with Crippen molar-refractivity contribution in [2.75, 3.05) is 0 Å². The molecule has 0 saturated heterocycles. The monoisotopic (exact) mass is 765 g/mol. The van der Waals surface area contributed by atoms with E-state index in [1.807, 2.05) is 78.9 Å². The highest BCUT2D eigenvalue weighted by atomic mass is 32.1. The van der Waals surface area contributed by atoms with Gasteiger partial charge in [-0.25, -0.2) is 24.9 Å². The van der Waals surface area contributed by atoms with Gasteiger partial charge in [-0.3, -0.25) is 0 Å². The molecule has 0 radical (unpaired) electrons. The summed E-state index contributed by atoms with van der Waals surface area (Å²) in [6, 6.07) is 56.2. The van der Waals surface area contributed by atoms with Crippen LogP contribution in [0.1, 0.15) is 0 Å². The van der Waals surface area contributed by atoms with Gasteiger partial charge in [0.2, 0.25) is 0 Å². The van der Waals surface area contributed by atoms with Crippen molar-refractivity contribution in [3.8, 4) is 56.8 Å². The lowest BCUT2D eigenvalue weighted by atomic mass is 10.0. The van der Waals surface area contributed by atoms with Crippen molar-refractivity contribution in [2.45, 2.75) is 0 Å². The van der Waals surface area contributed by atoms with E-state index in [1.54, 1.807) is 22.7 Å². The van der Waals surface area contributed by atoms with E-state index in [9.17, 15) is 0 Å². The second-order valence-electron chi connectivity index (χ2n) is 14.0. The van der Waals surface area contributed by atoms with Crippen LogP contribution in [0.5, 0.6) is 0 Å². The van der Waals surface area contributed by atoms with Gasteiger partial charge in [0.05, 0.1) is 15.9 Å². The maximum Gasteiger partial charge on any atom is 0.164 e. The fraction of sp³-hybridized carbons (Fsp3) is 0. The fourth-order valence-electron chi connectivity index (χ4n) is 7.87. The quantitative estimate of drug-likeness (QED) is 0.174. The van der Waals surface area contributed by atoms with Crippen LogP contribution < -0.4 is 0 Å². The van der Waals surface area contributed by atoms with E-state index < -0.39 is 0 Å². The van der Waals surface area contributed by atoms with Gasteiger partial charge in [-0.05, 0) is 36.4 Å². The number of nitrogens with zero attached hydrogens (tertiary/aromatic N) is 5.